The van der Waals surface area contributed by atoms with Gasteiger partial charge in [0.15, 0.2) is 0 Å². The third-order valence-electron chi connectivity index (χ3n) is 9.67. The molecule has 0 radical (unpaired) electrons. The van der Waals surface area contributed by atoms with E-state index in [1.165, 1.54) is 7.11 Å². The first-order valence-electron chi connectivity index (χ1n) is 15.2. The van der Waals surface area contributed by atoms with Crippen molar-refractivity contribution in [2.24, 2.45) is 0 Å². The fourth-order valence-corrected chi connectivity index (χ4v) is 7.24. The van der Waals surface area contributed by atoms with Gasteiger partial charge in [0.25, 0.3) is 0 Å². The number of aliphatic carboxylic acids is 1. The van der Waals surface area contributed by atoms with Crippen molar-refractivity contribution < 1.29 is 29.6 Å². The maximum absolute atomic E-state index is 13.2. The second-order valence-electron chi connectivity index (χ2n) is 12.2. The lowest BCUT2D eigenvalue weighted by Gasteiger charge is -2.17. The predicted molar refractivity (Wildman–Crippen MR) is 173 cm³/mol. The Kier molecular flexibility index (Phi) is 7.43. The lowest BCUT2D eigenvalue weighted by molar-refractivity contribution is -0.137. The molecule has 4 atom stereocenters. The number of aliphatic hydroxyl groups excluding tert-OH is 2. The molecule has 5 heterocycles. The van der Waals surface area contributed by atoms with Crippen molar-refractivity contribution in [1.82, 2.24) is 19.9 Å². The molecule has 4 aliphatic rings. The van der Waals surface area contributed by atoms with Crippen molar-refractivity contribution in [3.63, 3.8) is 0 Å². The minimum atomic E-state index is -0.935. The van der Waals surface area contributed by atoms with Gasteiger partial charge in [-0.15, -0.1) is 0 Å². The molecule has 5 N–H and O–H groups in total. The zero-order valence-electron chi connectivity index (χ0n) is 26.5. The van der Waals surface area contributed by atoms with Crippen molar-refractivity contribution in [2.75, 3.05) is 7.11 Å². The third kappa shape index (κ3) is 4.66. The number of methoxy groups -OCH3 is 1. The zero-order valence-corrected chi connectivity index (χ0v) is 26.5. The van der Waals surface area contributed by atoms with Crippen LogP contribution < -0.4 is 0 Å². The van der Waals surface area contributed by atoms with E-state index >= 15 is 0 Å². The number of nitrogens with one attached hydrogen (secondary N) is 2. The van der Waals surface area contributed by atoms with Crippen LogP contribution in [0, 0.1) is 6.92 Å². The van der Waals surface area contributed by atoms with Crippen molar-refractivity contribution >= 4 is 51.0 Å². The minimum Gasteiger partial charge on any atom is -0.506 e. The summed E-state index contributed by atoms with van der Waals surface area (Å²) in [6, 6.07) is 5.87. The van der Waals surface area contributed by atoms with Gasteiger partial charge in [-0.3, -0.25) is 9.78 Å². The lowest BCUT2D eigenvalue weighted by Crippen LogP contribution is -2.10. The molecular formula is C35H38N4O6. The van der Waals surface area contributed by atoms with Gasteiger partial charge in [-0.1, -0.05) is 19.9 Å². The second-order valence-corrected chi connectivity index (χ2v) is 12.2. The fraction of sp³-hybridized carbons (Fsp3) is 0.371. The summed E-state index contributed by atoms with van der Waals surface area (Å²) in [6.07, 6.45) is 1.47. The van der Waals surface area contributed by atoms with Gasteiger partial charge in [-0.05, 0) is 69.0 Å². The summed E-state index contributed by atoms with van der Waals surface area (Å²) in [5.41, 5.74) is 9.89. The molecule has 8 bridgehead atoms. The number of esters is 1. The molecule has 1 aliphatic carbocycles. The van der Waals surface area contributed by atoms with Gasteiger partial charge in [-0.2, -0.15) is 0 Å². The second kappa shape index (κ2) is 11.0. The number of hydrogen-bond acceptors (Lipinski definition) is 7. The van der Waals surface area contributed by atoms with Crippen molar-refractivity contribution in [3.05, 3.63) is 75.1 Å². The monoisotopic (exact) mass is 610 g/mol. The maximum Gasteiger partial charge on any atom is 0.342 e. The van der Waals surface area contributed by atoms with Crippen LogP contribution in [0.1, 0.15) is 116 Å². The average molecular weight is 611 g/mol. The van der Waals surface area contributed by atoms with Gasteiger partial charge >= 0.3 is 11.9 Å². The first kappa shape index (κ1) is 30.3. The van der Waals surface area contributed by atoms with Crippen LogP contribution in [0.4, 0.5) is 0 Å². The largest absolute Gasteiger partial charge is 0.506 e. The van der Waals surface area contributed by atoms with Crippen LogP contribution >= 0.6 is 0 Å². The van der Waals surface area contributed by atoms with Crippen LogP contribution in [-0.2, 0) is 14.3 Å². The number of fused-ring (bicyclic) bond motifs is 8. The molecule has 10 nitrogen and oxygen atoms in total. The molecule has 3 aliphatic heterocycles. The summed E-state index contributed by atoms with van der Waals surface area (Å²) in [4.78, 5) is 42.0. The van der Waals surface area contributed by atoms with E-state index in [0.717, 1.165) is 39.2 Å². The molecule has 45 heavy (non-hydrogen) atoms. The molecule has 2 aromatic rings. The van der Waals surface area contributed by atoms with Crippen molar-refractivity contribution in [3.8, 4) is 0 Å². The predicted octanol–water partition coefficient (Wildman–Crippen LogP) is 6.53. The summed E-state index contributed by atoms with van der Waals surface area (Å²) >= 11 is 0. The van der Waals surface area contributed by atoms with Crippen LogP contribution in [0.2, 0.25) is 0 Å². The summed E-state index contributed by atoms with van der Waals surface area (Å²) in [5, 5.41) is 32.0. The van der Waals surface area contributed by atoms with Crippen LogP contribution in [0.5, 0.6) is 0 Å². The summed E-state index contributed by atoms with van der Waals surface area (Å²) in [7, 11) is 1.26. The Bertz CT molecular complexity index is 1960. The highest BCUT2D eigenvalue weighted by atomic mass is 16.5. The Morgan fingerprint density at radius 3 is 2.47 bits per heavy atom. The number of carboxylic acids is 1. The highest BCUT2D eigenvalue weighted by Crippen LogP contribution is 2.49. The quantitative estimate of drug-likeness (QED) is 0.239. The zero-order chi connectivity index (χ0) is 32.5. The number of nitrogens with zero attached hydrogens (tertiary/aromatic N) is 2. The molecule has 0 amide bonds. The van der Waals surface area contributed by atoms with Gasteiger partial charge < -0.3 is 30.0 Å². The number of aromatic amines is 2. The number of ether oxygens (including phenoxy) is 1. The van der Waals surface area contributed by atoms with E-state index in [2.05, 4.69) is 23.0 Å². The molecule has 0 saturated carbocycles. The first-order chi connectivity index (χ1) is 21.4. The first-order valence-corrected chi connectivity index (χ1v) is 15.2. The molecule has 10 heteroatoms. The van der Waals surface area contributed by atoms with Crippen LogP contribution in [0.15, 0.2) is 24.3 Å². The standard InChI is InChI=1S/C35H38N4O6/c1-8-19-14(2)21-13-26-28(18(6)40)16(4)23(37-26)11-22-15(3)20(9-10-27(41)42)32(38-22)30-31(35(44)45-7)34(43)29-17(5)24(39-33(29)30)12-25(19)36-21/h8,11-15,18,20,36,39-40,43H,9-10H2,1-7H3,(H,41,42)/b19-8+,21-13?,23-11?,25-12?,32-30?/t14-,15+,18?,20+/m1/s1. The molecule has 1 unspecified atom stereocenters. The Balaban J connectivity index is 1.81. The summed E-state index contributed by atoms with van der Waals surface area (Å²) < 4.78 is 5.13. The van der Waals surface area contributed by atoms with Gasteiger partial charge in [0.2, 0.25) is 0 Å². The van der Waals surface area contributed by atoms with Crippen LogP contribution in [0.25, 0.3) is 39.1 Å². The molecule has 234 valence electrons. The van der Waals surface area contributed by atoms with Crippen LogP contribution in [-0.4, -0.2) is 60.4 Å². The Morgan fingerprint density at radius 1 is 1.09 bits per heavy atom. The number of aryl methyl sites for hydroxylation is 1. The van der Waals surface area contributed by atoms with Gasteiger partial charge in [0.05, 0.1) is 35.8 Å². The lowest BCUT2D eigenvalue weighted by atomic mass is 9.85. The molecular weight excluding hydrogens is 572 g/mol. The molecule has 0 fully saturated rings. The van der Waals surface area contributed by atoms with E-state index in [0.29, 0.717) is 39.4 Å². The average Bonchev–Trinajstić information content (AvgIpc) is 3.72. The number of carbonyl (C=O) groups is 2. The van der Waals surface area contributed by atoms with E-state index in [9.17, 15) is 24.9 Å². The van der Waals surface area contributed by atoms with E-state index in [-0.39, 0.29) is 41.9 Å². The van der Waals surface area contributed by atoms with Crippen molar-refractivity contribution in [2.45, 2.75) is 78.2 Å². The van der Waals surface area contributed by atoms with Crippen molar-refractivity contribution in [1.29, 1.82) is 0 Å². The fourth-order valence-electron chi connectivity index (χ4n) is 7.24. The number of rotatable bonds is 5. The highest BCUT2D eigenvalue weighted by molar-refractivity contribution is 6.30. The molecule has 0 saturated heterocycles. The number of hydrogen-bond donors (Lipinski definition) is 5. The van der Waals surface area contributed by atoms with E-state index in [1.54, 1.807) is 6.92 Å². The van der Waals surface area contributed by atoms with Crippen LogP contribution in [0.3, 0.4) is 0 Å². The normalized spacial score (nSPS) is 21.4. The van der Waals surface area contributed by atoms with E-state index in [4.69, 9.17) is 14.7 Å². The SMILES string of the molecule is C/C=C1/c2cc3[nH]c4c(c5nc(cc6nc(cc([nH]2)[C@@H]1C)C(C(C)O)=C6C)[C@@H](C)[C@@H]5CCC(=O)O)C(C(=O)OC)=C(O)c4c3C. The minimum absolute atomic E-state index is 0.00275. The Labute approximate surface area is 260 Å². The molecule has 0 aromatic carbocycles. The third-order valence-corrected chi connectivity index (χ3v) is 9.67. The number of allylic oxidation sites excluding steroid dienone is 3. The summed E-state index contributed by atoms with van der Waals surface area (Å²) in [5.74, 6) is -2.41. The molecule has 2 aromatic heterocycles. The maximum atomic E-state index is 13.2. The number of H-pyrrole nitrogens is 2. The summed E-state index contributed by atoms with van der Waals surface area (Å²) in [6.45, 7) is 11.6. The Hall–Kier alpha value is -4.70. The Morgan fingerprint density at radius 2 is 1.82 bits per heavy atom. The number of aliphatic hydroxyl groups is 2. The van der Waals surface area contributed by atoms with Gasteiger partial charge in [-0.25, -0.2) is 9.78 Å². The molecule has 0 spiro atoms. The number of aromatic nitrogens is 4. The van der Waals surface area contributed by atoms with E-state index < -0.39 is 18.0 Å². The van der Waals surface area contributed by atoms with E-state index in [1.807, 2.05) is 45.9 Å². The highest BCUT2D eigenvalue weighted by Gasteiger charge is 2.39. The smallest absolute Gasteiger partial charge is 0.342 e. The number of carboxylic acid groups (broad SMARTS) is 1. The van der Waals surface area contributed by atoms with Gasteiger partial charge in [0, 0.05) is 63.5 Å². The molecule has 6 rings (SSSR count). The topological polar surface area (TPSA) is 161 Å². The van der Waals surface area contributed by atoms with Gasteiger partial charge in [0.1, 0.15) is 11.3 Å². The number of carbonyl (C=O) groups excluding carboxylic acids is 1.